The van der Waals surface area contributed by atoms with E-state index in [4.69, 9.17) is 10.5 Å². The van der Waals surface area contributed by atoms with Gasteiger partial charge in [-0.2, -0.15) is 0 Å². The zero-order valence-electron chi connectivity index (χ0n) is 7.57. The number of thiophene rings is 2. The van der Waals surface area contributed by atoms with E-state index in [-0.39, 0.29) is 5.97 Å². The highest BCUT2D eigenvalue weighted by Gasteiger charge is 2.12. The van der Waals surface area contributed by atoms with Crippen LogP contribution in [-0.4, -0.2) is 12.6 Å². The van der Waals surface area contributed by atoms with Crippen molar-refractivity contribution >= 4 is 43.0 Å². The van der Waals surface area contributed by atoms with Gasteiger partial charge in [-0.15, -0.1) is 22.7 Å². The molecule has 0 radical (unpaired) electrons. The van der Waals surface area contributed by atoms with Gasteiger partial charge in [0, 0.05) is 5.39 Å². The highest BCUT2D eigenvalue weighted by atomic mass is 32.2. The Morgan fingerprint density at radius 2 is 2.29 bits per heavy atom. The summed E-state index contributed by atoms with van der Waals surface area (Å²) in [6.07, 6.45) is 0. The molecule has 0 fully saturated rings. The largest absolute Gasteiger partial charge is 0.462 e. The van der Waals surface area contributed by atoms with Gasteiger partial charge in [-0.3, -0.25) is 0 Å². The molecule has 0 aliphatic heterocycles. The van der Waals surface area contributed by atoms with E-state index in [1.54, 1.807) is 6.92 Å². The Hall–Kier alpha value is -1.07. The molecule has 0 saturated carbocycles. The first-order valence-electron chi connectivity index (χ1n) is 4.16. The Morgan fingerprint density at radius 1 is 1.50 bits per heavy atom. The maximum absolute atomic E-state index is 11.4. The highest BCUT2D eigenvalue weighted by Crippen LogP contribution is 2.34. The maximum atomic E-state index is 11.4. The minimum absolute atomic E-state index is 0.250. The second kappa shape index (κ2) is 3.59. The van der Waals surface area contributed by atoms with Crippen LogP contribution in [0.1, 0.15) is 16.6 Å². The van der Waals surface area contributed by atoms with Crippen molar-refractivity contribution in [1.82, 2.24) is 0 Å². The van der Waals surface area contributed by atoms with Crippen LogP contribution in [0.4, 0.5) is 5.00 Å². The van der Waals surface area contributed by atoms with Crippen LogP contribution in [0.15, 0.2) is 12.1 Å². The summed E-state index contributed by atoms with van der Waals surface area (Å²) in [6, 6.07) is 3.70. The average molecular weight is 227 g/mol. The van der Waals surface area contributed by atoms with Crippen molar-refractivity contribution in [2.75, 3.05) is 12.3 Å². The molecule has 2 N–H and O–H groups in total. The van der Waals surface area contributed by atoms with Gasteiger partial charge in [0.1, 0.15) is 4.88 Å². The molecule has 2 aromatic heterocycles. The minimum Gasteiger partial charge on any atom is -0.462 e. The minimum atomic E-state index is -0.250. The van der Waals surface area contributed by atoms with Crippen molar-refractivity contribution < 1.29 is 9.53 Å². The molecule has 2 heterocycles. The SMILES string of the molecule is CCOC(=O)c1cc2cc(N)sc2s1. The molecule has 0 aromatic carbocycles. The lowest BCUT2D eigenvalue weighted by atomic mass is 10.3. The molecule has 0 bridgehead atoms. The van der Waals surface area contributed by atoms with Gasteiger partial charge in [0.25, 0.3) is 0 Å². The van der Waals surface area contributed by atoms with E-state index >= 15 is 0 Å². The smallest absolute Gasteiger partial charge is 0.348 e. The lowest BCUT2D eigenvalue weighted by Crippen LogP contribution is -2.01. The van der Waals surface area contributed by atoms with Gasteiger partial charge >= 0.3 is 5.97 Å². The third-order valence-electron chi connectivity index (χ3n) is 1.71. The molecule has 0 atom stereocenters. The molecule has 14 heavy (non-hydrogen) atoms. The first-order valence-corrected chi connectivity index (χ1v) is 5.80. The van der Waals surface area contributed by atoms with Crippen LogP contribution >= 0.6 is 22.7 Å². The van der Waals surface area contributed by atoms with E-state index in [2.05, 4.69) is 0 Å². The number of carbonyl (C=O) groups is 1. The number of hydrogen-bond donors (Lipinski definition) is 1. The normalized spacial score (nSPS) is 10.6. The number of fused-ring (bicyclic) bond motifs is 1. The van der Waals surface area contributed by atoms with E-state index in [0.29, 0.717) is 11.5 Å². The van der Waals surface area contributed by atoms with Crippen molar-refractivity contribution in [3.05, 3.63) is 17.0 Å². The monoisotopic (exact) mass is 227 g/mol. The van der Waals surface area contributed by atoms with E-state index in [1.807, 2.05) is 12.1 Å². The third-order valence-corrected chi connectivity index (χ3v) is 3.91. The molecule has 2 rings (SSSR count). The fourth-order valence-electron chi connectivity index (χ4n) is 1.16. The van der Waals surface area contributed by atoms with Gasteiger partial charge < -0.3 is 10.5 Å². The summed E-state index contributed by atoms with van der Waals surface area (Å²) in [7, 11) is 0. The summed E-state index contributed by atoms with van der Waals surface area (Å²) in [5, 5.41) is 1.81. The fraction of sp³-hybridized carbons (Fsp3) is 0.222. The van der Waals surface area contributed by atoms with Crippen molar-refractivity contribution in [3.8, 4) is 0 Å². The Kier molecular flexibility index (Phi) is 2.43. The Morgan fingerprint density at radius 3 is 2.93 bits per heavy atom. The van der Waals surface area contributed by atoms with E-state index in [1.165, 1.54) is 22.7 Å². The standard InChI is InChI=1S/C9H9NO2S2/c1-2-12-8(11)6-3-5-4-7(10)14-9(5)13-6/h3-4H,2,10H2,1H3. The molecule has 3 nitrogen and oxygen atoms in total. The van der Waals surface area contributed by atoms with Crippen LogP contribution in [-0.2, 0) is 4.74 Å². The van der Waals surface area contributed by atoms with Crippen LogP contribution in [0.2, 0.25) is 0 Å². The number of nitrogen functional groups attached to an aromatic ring is 1. The third kappa shape index (κ3) is 1.60. The lowest BCUT2D eigenvalue weighted by molar-refractivity contribution is 0.0532. The van der Waals surface area contributed by atoms with Gasteiger partial charge in [-0.05, 0) is 19.1 Å². The highest BCUT2D eigenvalue weighted by molar-refractivity contribution is 7.40. The number of hydrogen-bond acceptors (Lipinski definition) is 5. The zero-order valence-corrected chi connectivity index (χ0v) is 9.21. The lowest BCUT2D eigenvalue weighted by Gasteiger charge is -1.96. The maximum Gasteiger partial charge on any atom is 0.348 e. The number of rotatable bonds is 2. The second-order valence-electron chi connectivity index (χ2n) is 2.72. The molecule has 74 valence electrons. The van der Waals surface area contributed by atoms with E-state index in [0.717, 1.165) is 14.4 Å². The molecule has 0 aliphatic rings. The number of esters is 1. The molecule has 0 aliphatic carbocycles. The van der Waals surface area contributed by atoms with Crippen LogP contribution < -0.4 is 5.73 Å². The van der Waals surface area contributed by atoms with E-state index < -0.39 is 0 Å². The van der Waals surface area contributed by atoms with Gasteiger partial charge in [0.2, 0.25) is 0 Å². The summed E-state index contributed by atoms with van der Waals surface area (Å²) in [5.41, 5.74) is 5.63. The Labute approximate surface area is 89.1 Å². The molecule has 2 aromatic rings. The molecule has 0 spiro atoms. The summed E-state index contributed by atoms with van der Waals surface area (Å²) in [5.74, 6) is -0.250. The predicted octanol–water partition coefficient (Wildman–Crippen LogP) is 2.72. The topological polar surface area (TPSA) is 52.3 Å². The van der Waals surface area contributed by atoms with Crippen LogP contribution in [0.5, 0.6) is 0 Å². The van der Waals surface area contributed by atoms with Gasteiger partial charge in [-0.1, -0.05) is 0 Å². The van der Waals surface area contributed by atoms with E-state index in [9.17, 15) is 4.79 Å². The molecule has 5 heteroatoms. The van der Waals surface area contributed by atoms with Crippen LogP contribution in [0, 0.1) is 0 Å². The summed E-state index contributed by atoms with van der Waals surface area (Å²) < 4.78 is 5.98. The van der Waals surface area contributed by atoms with Crippen LogP contribution in [0.25, 0.3) is 9.40 Å². The molecule has 0 amide bonds. The van der Waals surface area contributed by atoms with Crippen LogP contribution in [0.3, 0.4) is 0 Å². The van der Waals surface area contributed by atoms with Crippen molar-refractivity contribution in [1.29, 1.82) is 0 Å². The first kappa shape index (κ1) is 9.48. The summed E-state index contributed by atoms with van der Waals surface area (Å²) in [6.45, 7) is 2.21. The summed E-state index contributed by atoms with van der Waals surface area (Å²) in [4.78, 5) is 12.0. The average Bonchev–Trinajstić information content (AvgIpc) is 2.61. The second-order valence-corrected chi connectivity index (χ2v) is 5.12. The molecular formula is C9H9NO2S2. The number of ether oxygens (including phenoxy) is 1. The van der Waals surface area contributed by atoms with Gasteiger partial charge in [0.05, 0.1) is 15.6 Å². The zero-order chi connectivity index (χ0) is 10.1. The quantitative estimate of drug-likeness (QED) is 0.802. The Balaban J connectivity index is 2.36. The fourth-order valence-corrected chi connectivity index (χ4v) is 3.29. The van der Waals surface area contributed by atoms with Crippen molar-refractivity contribution in [3.63, 3.8) is 0 Å². The number of carbonyl (C=O) groups excluding carboxylic acids is 1. The first-order chi connectivity index (χ1) is 6.70. The van der Waals surface area contributed by atoms with Gasteiger partial charge in [-0.25, -0.2) is 4.79 Å². The van der Waals surface area contributed by atoms with Gasteiger partial charge in [0.15, 0.2) is 0 Å². The van der Waals surface area contributed by atoms with Crippen molar-refractivity contribution in [2.24, 2.45) is 0 Å². The molecule has 0 saturated heterocycles. The molecular weight excluding hydrogens is 218 g/mol. The number of anilines is 1. The molecule has 0 unspecified atom stereocenters. The number of nitrogens with two attached hydrogens (primary N) is 1. The Bertz CT molecular complexity index is 441. The predicted molar refractivity (Wildman–Crippen MR) is 60.1 cm³/mol. The summed E-state index contributed by atoms with van der Waals surface area (Å²) >= 11 is 2.93. The van der Waals surface area contributed by atoms with Crippen molar-refractivity contribution in [2.45, 2.75) is 6.92 Å².